The molecule has 0 radical (unpaired) electrons. The van der Waals surface area contributed by atoms with Crippen molar-refractivity contribution in [3.63, 3.8) is 0 Å². The first-order valence-corrected chi connectivity index (χ1v) is 11.5. The second-order valence-corrected chi connectivity index (χ2v) is 9.37. The highest BCUT2D eigenvalue weighted by Gasteiger charge is 2.36. The summed E-state index contributed by atoms with van der Waals surface area (Å²) in [7, 11) is 1.25. The minimum Gasteiger partial charge on any atom is -0.465 e. The van der Waals surface area contributed by atoms with Crippen LogP contribution in [-0.4, -0.2) is 13.1 Å². The molecule has 4 rings (SSSR count). The Kier molecular flexibility index (Phi) is 6.40. The van der Waals surface area contributed by atoms with Crippen molar-refractivity contribution in [1.29, 1.82) is 0 Å². The Morgan fingerprint density at radius 3 is 2.60 bits per heavy atom. The van der Waals surface area contributed by atoms with Crippen LogP contribution < -0.4 is 0 Å². The van der Waals surface area contributed by atoms with Crippen molar-refractivity contribution < 1.29 is 18.3 Å². The molecular weight excluding hydrogens is 382 g/mol. The first kappa shape index (κ1) is 21.3. The van der Waals surface area contributed by atoms with Gasteiger partial charge in [0.15, 0.2) is 0 Å². The lowest BCUT2D eigenvalue weighted by Crippen LogP contribution is -2.30. The Balaban J connectivity index is 1.54. The van der Waals surface area contributed by atoms with Gasteiger partial charge in [-0.1, -0.05) is 44.7 Å². The molecule has 2 nitrogen and oxygen atoms in total. The van der Waals surface area contributed by atoms with Crippen LogP contribution in [0.25, 0.3) is 10.8 Å². The number of carbonyl (C=O) groups excluding carboxylic acids is 1. The monoisotopic (exact) mass is 414 g/mol. The first-order chi connectivity index (χ1) is 14.5. The molecule has 2 aliphatic rings. The predicted octanol–water partition coefficient (Wildman–Crippen LogP) is 7.39. The van der Waals surface area contributed by atoms with Gasteiger partial charge in [-0.15, -0.1) is 0 Å². The zero-order valence-electron chi connectivity index (χ0n) is 18.1. The van der Waals surface area contributed by atoms with Crippen molar-refractivity contribution in [3.05, 3.63) is 47.0 Å². The van der Waals surface area contributed by atoms with Crippen molar-refractivity contribution in [1.82, 2.24) is 0 Å². The predicted molar refractivity (Wildman–Crippen MR) is 116 cm³/mol. The lowest BCUT2D eigenvalue weighted by atomic mass is 9.63. The normalized spacial score (nSPS) is 26.4. The maximum atomic E-state index is 15.4. The van der Waals surface area contributed by atoms with Crippen LogP contribution in [0.2, 0.25) is 0 Å². The smallest absolute Gasteiger partial charge is 0.337 e. The van der Waals surface area contributed by atoms with Gasteiger partial charge in [0, 0.05) is 0 Å². The number of hydrogen-bond donors (Lipinski definition) is 0. The fraction of sp³-hybridized carbons (Fsp3) is 0.577. The Morgan fingerprint density at radius 1 is 1.07 bits per heavy atom. The molecule has 2 fully saturated rings. The maximum Gasteiger partial charge on any atom is 0.337 e. The number of unbranched alkanes of at least 4 members (excludes halogenated alkanes) is 1. The Hall–Kier alpha value is -1.97. The van der Waals surface area contributed by atoms with E-state index in [1.165, 1.54) is 51.7 Å². The molecule has 2 unspecified atom stereocenters. The largest absolute Gasteiger partial charge is 0.465 e. The maximum absolute atomic E-state index is 15.4. The number of hydrogen-bond acceptors (Lipinski definition) is 2. The van der Waals surface area contributed by atoms with E-state index in [-0.39, 0.29) is 16.9 Å². The number of fused-ring (bicyclic) bond motifs is 2. The SMILES string of the molecule is CCCCC1CC[C@@H]2CC(c3ccc4cc(C(=O)OC)cc(F)c4c3F)CC[C@H]2C1. The quantitative estimate of drug-likeness (QED) is 0.477. The molecule has 0 aliphatic heterocycles. The number of rotatable bonds is 5. The Labute approximate surface area is 178 Å². The van der Waals surface area contributed by atoms with Gasteiger partial charge >= 0.3 is 5.97 Å². The molecule has 0 spiro atoms. The van der Waals surface area contributed by atoms with E-state index in [9.17, 15) is 9.18 Å². The number of benzene rings is 2. The fourth-order valence-electron chi connectivity index (χ4n) is 5.96. The summed E-state index contributed by atoms with van der Waals surface area (Å²) in [5.41, 5.74) is 0.744. The van der Waals surface area contributed by atoms with Crippen LogP contribution in [0.3, 0.4) is 0 Å². The molecule has 30 heavy (non-hydrogen) atoms. The van der Waals surface area contributed by atoms with Gasteiger partial charge in [-0.2, -0.15) is 0 Å². The molecule has 4 atom stereocenters. The second kappa shape index (κ2) is 9.03. The number of carbonyl (C=O) groups is 1. The summed E-state index contributed by atoms with van der Waals surface area (Å²) < 4.78 is 34.8. The van der Waals surface area contributed by atoms with E-state index in [2.05, 4.69) is 11.7 Å². The Bertz CT molecular complexity index is 923. The van der Waals surface area contributed by atoms with Crippen molar-refractivity contribution in [2.75, 3.05) is 7.11 Å². The van der Waals surface area contributed by atoms with Crippen LogP contribution in [0.15, 0.2) is 24.3 Å². The summed E-state index contributed by atoms with van der Waals surface area (Å²) in [6.45, 7) is 2.26. The molecule has 2 aromatic rings. The van der Waals surface area contributed by atoms with E-state index in [0.29, 0.717) is 16.9 Å². The summed E-state index contributed by atoms with van der Waals surface area (Å²) in [5.74, 6) is 0.704. The summed E-state index contributed by atoms with van der Waals surface area (Å²) in [4.78, 5) is 11.7. The van der Waals surface area contributed by atoms with Crippen molar-refractivity contribution >= 4 is 16.7 Å². The van der Waals surface area contributed by atoms with Gasteiger partial charge in [-0.25, -0.2) is 13.6 Å². The highest BCUT2D eigenvalue weighted by molar-refractivity contribution is 5.96. The lowest BCUT2D eigenvalue weighted by molar-refractivity contribution is 0.0600. The molecule has 0 saturated heterocycles. The van der Waals surface area contributed by atoms with Gasteiger partial charge in [-0.3, -0.25) is 0 Å². The number of halogens is 2. The third kappa shape index (κ3) is 4.10. The molecule has 0 amide bonds. The summed E-state index contributed by atoms with van der Waals surface area (Å²) in [6.07, 6.45) is 11.0. The molecular formula is C26H32F2O2. The molecule has 2 aromatic carbocycles. The molecule has 2 saturated carbocycles. The van der Waals surface area contributed by atoms with Crippen LogP contribution in [0.1, 0.15) is 86.6 Å². The van der Waals surface area contributed by atoms with Crippen LogP contribution >= 0.6 is 0 Å². The van der Waals surface area contributed by atoms with Gasteiger partial charge in [0.25, 0.3) is 0 Å². The highest BCUT2D eigenvalue weighted by Crippen LogP contribution is 2.49. The minimum absolute atomic E-state index is 0.00875. The van der Waals surface area contributed by atoms with Crippen LogP contribution in [-0.2, 0) is 4.74 Å². The minimum atomic E-state index is -0.697. The summed E-state index contributed by atoms with van der Waals surface area (Å²) in [5, 5.41) is 0.396. The summed E-state index contributed by atoms with van der Waals surface area (Å²) in [6, 6.07) is 6.13. The first-order valence-electron chi connectivity index (χ1n) is 11.5. The molecule has 0 heterocycles. The van der Waals surface area contributed by atoms with Gasteiger partial charge in [0.1, 0.15) is 11.6 Å². The summed E-state index contributed by atoms with van der Waals surface area (Å²) >= 11 is 0. The van der Waals surface area contributed by atoms with Gasteiger partial charge in [0.2, 0.25) is 0 Å². The van der Waals surface area contributed by atoms with E-state index < -0.39 is 17.6 Å². The van der Waals surface area contributed by atoms with E-state index in [1.807, 2.05) is 0 Å². The van der Waals surface area contributed by atoms with Crippen molar-refractivity contribution in [3.8, 4) is 0 Å². The highest BCUT2D eigenvalue weighted by atomic mass is 19.1. The Morgan fingerprint density at radius 2 is 1.83 bits per heavy atom. The van der Waals surface area contributed by atoms with Crippen molar-refractivity contribution in [2.24, 2.45) is 17.8 Å². The number of methoxy groups -OCH3 is 1. The van der Waals surface area contributed by atoms with Crippen molar-refractivity contribution in [2.45, 2.75) is 70.6 Å². The van der Waals surface area contributed by atoms with E-state index in [0.717, 1.165) is 37.2 Å². The van der Waals surface area contributed by atoms with Crippen LogP contribution in [0, 0.1) is 29.4 Å². The van der Waals surface area contributed by atoms with Gasteiger partial charge < -0.3 is 4.74 Å². The van der Waals surface area contributed by atoms with Gasteiger partial charge in [-0.05, 0) is 78.9 Å². The lowest BCUT2D eigenvalue weighted by Gasteiger charge is -2.42. The fourth-order valence-corrected chi connectivity index (χ4v) is 5.96. The van der Waals surface area contributed by atoms with E-state index in [4.69, 9.17) is 0 Å². The number of esters is 1. The number of ether oxygens (including phenoxy) is 1. The topological polar surface area (TPSA) is 26.3 Å². The average molecular weight is 415 g/mol. The molecule has 4 heteroatoms. The second-order valence-electron chi connectivity index (χ2n) is 9.37. The third-order valence-electron chi connectivity index (χ3n) is 7.58. The molecule has 0 aromatic heterocycles. The third-order valence-corrected chi connectivity index (χ3v) is 7.58. The van der Waals surface area contributed by atoms with Gasteiger partial charge in [0.05, 0.1) is 18.1 Å². The van der Waals surface area contributed by atoms with Crippen LogP contribution in [0.5, 0.6) is 0 Å². The zero-order chi connectivity index (χ0) is 21.3. The van der Waals surface area contributed by atoms with E-state index >= 15 is 4.39 Å². The zero-order valence-corrected chi connectivity index (χ0v) is 18.1. The molecule has 162 valence electrons. The molecule has 2 aliphatic carbocycles. The van der Waals surface area contributed by atoms with Crippen LogP contribution in [0.4, 0.5) is 8.78 Å². The van der Waals surface area contributed by atoms with E-state index in [1.54, 1.807) is 12.1 Å². The average Bonchev–Trinajstić information content (AvgIpc) is 2.76. The standard InChI is InChI=1S/C26H32F2O2/c1-3-4-5-16-6-7-18-13-19(9-8-17(18)12-16)22-11-10-20-14-21(26(29)30-2)15-23(27)24(20)25(22)28/h10-11,14-19H,3-9,12-13H2,1-2H3/t16?,17-,18+,19?/m0/s1. The molecule has 0 N–H and O–H groups in total. The molecule has 0 bridgehead atoms.